The topological polar surface area (TPSA) is 62.3 Å². The van der Waals surface area contributed by atoms with Crippen LogP contribution in [0.3, 0.4) is 0 Å². The predicted octanol–water partition coefficient (Wildman–Crippen LogP) is 1.20. The molecule has 0 saturated carbocycles. The molecule has 2 heterocycles. The van der Waals surface area contributed by atoms with Crippen LogP contribution in [0.15, 0.2) is 36.7 Å². The maximum absolute atomic E-state index is 12.3. The molecule has 1 aliphatic rings. The Kier molecular flexibility index (Phi) is 4.05. The molecule has 102 valence electrons. The number of carbonyl (C=O) groups is 2. The van der Waals surface area contributed by atoms with Crippen molar-refractivity contribution in [3.63, 3.8) is 0 Å². The molecule has 0 aliphatic carbocycles. The van der Waals surface area contributed by atoms with Gasteiger partial charge in [-0.15, -0.1) is 6.58 Å². The predicted molar refractivity (Wildman–Crippen MR) is 79.6 cm³/mol. The van der Waals surface area contributed by atoms with E-state index < -0.39 is 11.8 Å². The molecule has 2 amide bonds. The molecule has 5 nitrogen and oxygen atoms in total. The van der Waals surface area contributed by atoms with Gasteiger partial charge in [-0.05, 0) is 42.4 Å². The van der Waals surface area contributed by atoms with E-state index in [2.05, 4.69) is 16.9 Å². The number of pyridine rings is 1. The number of rotatable bonds is 3. The normalized spacial score (nSPS) is 17.4. The molecule has 1 aromatic heterocycles. The average Bonchev–Trinajstić information content (AvgIpc) is 2.41. The SMILES string of the molecule is C=CCN1C(=O)/C(=C/c2ccncc2C)C(=O)NC1=S. The molecule has 1 saturated heterocycles. The lowest BCUT2D eigenvalue weighted by molar-refractivity contribution is -0.128. The van der Waals surface area contributed by atoms with Crippen LogP contribution >= 0.6 is 12.2 Å². The molecule has 1 aromatic rings. The summed E-state index contributed by atoms with van der Waals surface area (Å²) in [7, 11) is 0. The van der Waals surface area contributed by atoms with Crippen LogP contribution in [-0.4, -0.2) is 33.4 Å². The van der Waals surface area contributed by atoms with E-state index in [-0.39, 0.29) is 17.2 Å². The number of thiocarbonyl (C=S) groups is 1. The minimum absolute atomic E-state index is 0.0507. The highest BCUT2D eigenvalue weighted by Gasteiger charge is 2.32. The van der Waals surface area contributed by atoms with Gasteiger partial charge in [0.2, 0.25) is 0 Å². The van der Waals surface area contributed by atoms with E-state index in [9.17, 15) is 9.59 Å². The van der Waals surface area contributed by atoms with Gasteiger partial charge in [-0.1, -0.05) is 6.08 Å². The monoisotopic (exact) mass is 287 g/mol. The van der Waals surface area contributed by atoms with E-state index in [1.165, 1.54) is 4.90 Å². The zero-order valence-electron chi connectivity index (χ0n) is 10.9. The summed E-state index contributed by atoms with van der Waals surface area (Å²) >= 11 is 4.98. The zero-order chi connectivity index (χ0) is 14.7. The van der Waals surface area contributed by atoms with Crippen LogP contribution in [0, 0.1) is 6.92 Å². The van der Waals surface area contributed by atoms with Crippen LogP contribution in [-0.2, 0) is 9.59 Å². The van der Waals surface area contributed by atoms with Crippen molar-refractivity contribution in [3.05, 3.63) is 47.8 Å². The van der Waals surface area contributed by atoms with Gasteiger partial charge in [0.1, 0.15) is 5.57 Å². The summed E-state index contributed by atoms with van der Waals surface area (Å²) < 4.78 is 0. The fourth-order valence-electron chi connectivity index (χ4n) is 1.79. The van der Waals surface area contributed by atoms with Crippen molar-refractivity contribution in [1.82, 2.24) is 15.2 Å². The Hall–Kier alpha value is -2.34. The first-order chi connectivity index (χ1) is 9.54. The number of aromatic nitrogens is 1. The number of nitrogens with zero attached hydrogens (tertiary/aromatic N) is 2. The highest BCUT2D eigenvalue weighted by Crippen LogP contribution is 2.16. The molecule has 0 unspecified atom stereocenters. The molecule has 6 heteroatoms. The van der Waals surface area contributed by atoms with Crippen LogP contribution in [0.25, 0.3) is 6.08 Å². The summed E-state index contributed by atoms with van der Waals surface area (Å²) in [5.41, 5.74) is 1.70. The Labute approximate surface area is 122 Å². The van der Waals surface area contributed by atoms with E-state index in [1.807, 2.05) is 6.92 Å². The van der Waals surface area contributed by atoms with Gasteiger partial charge in [0.05, 0.1) is 0 Å². The fraction of sp³-hybridized carbons (Fsp3) is 0.143. The van der Waals surface area contributed by atoms with E-state index in [1.54, 1.807) is 30.6 Å². The van der Waals surface area contributed by atoms with Gasteiger partial charge >= 0.3 is 0 Å². The molecule has 1 aliphatic heterocycles. The quantitative estimate of drug-likeness (QED) is 0.393. The molecular weight excluding hydrogens is 274 g/mol. The highest BCUT2D eigenvalue weighted by atomic mass is 32.1. The number of hydrogen-bond donors (Lipinski definition) is 1. The number of carbonyl (C=O) groups excluding carboxylic acids is 2. The van der Waals surface area contributed by atoms with Crippen molar-refractivity contribution < 1.29 is 9.59 Å². The third-order valence-corrected chi connectivity index (χ3v) is 3.18. The summed E-state index contributed by atoms with van der Waals surface area (Å²) in [6, 6.07) is 1.74. The largest absolute Gasteiger partial charge is 0.298 e. The smallest absolute Gasteiger partial charge is 0.265 e. The summed E-state index contributed by atoms with van der Waals surface area (Å²) in [4.78, 5) is 29.5. The Bertz CT molecular complexity index is 637. The van der Waals surface area contributed by atoms with Crippen molar-refractivity contribution in [1.29, 1.82) is 0 Å². The van der Waals surface area contributed by atoms with Crippen LogP contribution in [0.4, 0.5) is 0 Å². The lowest BCUT2D eigenvalue weighted by atomic mass is 10.1. The summed E-state index contributed by atoms with van der Waals surface area (Å²) in [5.74, 6) is -0.911. The molecule has 2 rings (SSSR count). The molecule has 1 fully saturated rings. The van der Waals surface area contributed by atoms with E-state index in [0.717, 1.165) is 11.1 Å². The first-order valence-electron chi connectivity index (χ1n) is 5.95. The van der Waals surface area contributed by atoms with Gasteiger partial charge in [-0.3, -0.25) is 24.8 Å². The molecule has 1 N–H and O–H groups in total. The lowest BCUT2D eigenvalue weighted by Crippen LogP contribution is -2.53. The van der Waals surface area contributed by atoms with Crippen molar-refractivity contribution in [2.45, 2.75) is 6.92 Å². The van der Waals surface area contributed by atoms with Gasteiger partial charge in [-0.25, -0.2) is 0 Å². The average molecular weight is 287 g/mol. The minimum atomic E-state index is -0.489. The number of aryl methyl sites for hydroxylation is 1. The second kappa shape index (κ2) is 5.75. The number of nitrogens with one attached hydrogen (secondary N) is 1. The van der Waals surface area contributed by atoms with Crippen molar-refractivity contribution in [3.8, 4) is 0 Å². The second-order valence-electron chi connectivity index (χ2n) is 4.25. The first-order valence-corrected chi connectivity index (χ1v) is 6.35. The molecule has 0 bridgehead atoms. The van der Waals surface area contributed by atoms with E-state index in [0.29, 0.717) is 0 Å². The van der Waals surface area contributed by atoms with Crippen molar-refractivity contribution in [2.75, 3.05) is 6.54 Å². The molecule has 0 spiro atoms. The van der Waals surface area contributed by atoms with Crippen LogP contribution in [0.2, 0.25) is 0 Å². The molecule has 0 atom stereocenters. The first kappa shape index (κ1) is 14.1. The second-order valence-corrected chi connectivity index (χ2v) is 4.64. The van der Waals surface area contributed by atoms with Crippen LogP contribution in [0.5, 0.6) is 0 Å². The third kappa shape index (κ3) is 2.65. The van der Waals surface area contributed by atoms with Crippen molar-refractivity contribution in [2.24, 2.45) is 0 Å². The van der Waals surface area contributed by atoms with E-state index >= 15 is 0 Å². The maximum Gasteiger partial charge on any atom is 0.265 e. The summed E-state index contributed by atoms with van der Waals surface area (Å²) in [6.45, 7) is 5.68. The number of hydrogen-bond acceptors (Lipinski definition) is 4. The zero-order valence-corrected chi connectivity index (χ0v) is 11.7. The van der Waals surface area contributed by atoms with Crippen LogP contribution < -0.4 is 5.32 Å². The maximum atomic E-state index is 12.3. The Balaban J connectivity index is 2.42. The van der Waals surface area contributed by atoms with Gasteiger partial charge < -0.3 is 0 Å². The van der Waals surface area contributed by atoms with Gasteiger partial charge in [0, 0.05) is 18.9 Å². The van der Waals surface area contributed by atoms with Crippen LogP contribution in [0.1, 0.15) is 11.1 Å². The molecule has 0 aromatic carbocycles. The van der Waals surface area contributed by atoms with Crippen molar-refractivity contribution >= 4 is 35.2 Å². The molecule has 20 heavy (non-hydrogen) atoms. The Morgan fingerprint density at radius 2 is 2.25 bits per heavy atom. The third-order valence-electron chi connectivity index (χ3n) is 2.86. The highest BCUT2D eigenvalue weighted by molar-refractivity contribution is 7.80. The molecular formula is C14H13N3O2S. The summed E-state index contributed by atoms with van der Waals surface area (Å²) in [6.07, 6.45) is 6.38. The summed E-state index contributed by atoms with van der Waals surface area (Å²) in [5, 5.41) is 2.60. The minimum Gasteiger partial charge on any atom is -0.298 e. The van der Waals surface area contributed by atoms with E-state index in [4.69, 9.17) is 12.2 Å². The Morgan fingerprint density at radius 3 is 2.90 bits per heavy atom. The Morgan fingerprint density at radius 1 is 1.50 bits per heavy atom. The fourth-order valence-corrected chi connectivity index (χ4v) is 2.04. The number of amides is 2. The van der Waals surface area contributed by atoms with Gasteiger partial charge in [0.15, 0.2) is 5.11 Å². The molecule has 0 radical (unpaired) electrons. The van der Waals surface area contributed by atoms with Gasteiger partial charge in [-0.2, -0.15) is 0 Å². The lowest BCUT2D eigenvalue weighted by Gasteiger charge is -2.27. The standard InChI is InChI=1S/C14H13N3O2S/c1-3-6-17-13(19)11(12(18)16-14(17)20)7-10-4-5-15-8-9(10)2/h3-5,7-8H,1,6H2,2H3,(H,16,18,20)/b11-7+. The van der Waals surface area contributed by atoms with Gasteiger partial charge in [0.25, 0.3) is 11.8 Å².